The second kappa shape index (κ2) is 7.81. The van der Waals surface area contributed by atoms with E-state index in [1.165, 1.54) is 30.4 Å². The number of ketones is 1. The summed E-state index contributed by atoms with van der Waals surface area (Å²) in [7, 11) is 1.26. The molecule has 5 rings (SSSR count). The van der Waals surface area contributed by atoms with Crippen LogP contribution in [-0.2, 0) is 4.79 Å². The minimum atomic E-state index is -1.12. The minimum Gasteiger partial charge on any atom is -0.491 e. The van der Waals surface area contributed by atoms with Crippen molar-refractivity contribution in [1.82, 2.24) is 0 Å². The van der Waals surface area contributed by atoms with Crippen molar-refractivity contribution in [3.63, 3.8) is 0 Å². The van der Waals surface area contributed by atoms with E-state index in [1.54, 1.807) is 13.0 Å². The molecule has 0 unspecified atom stereocenters. The Balaban J connectivity index is 1.72. The second-order valence-corrected chi connectivity index (χ2v) is 10.3. The molecule has 2 fully saturated rings. The van der Waals surface area contributed by atoms with E-state index in [-0.39, 0.29) is 29.3 Å². The van der Waals surface area contributed by atoms with Crippen LogP contribution in [0.5, 0.6) is 5.75 Å². The molecule has 1 aromatic rings. The second-order valence-electron chi connectivity index (χ2n) is 10.3. The normalized spacial score (nSPS) is 35.2. The summed E-state index contributed by atoms with van der Waals surface area (Å²) in [6, 6.07) is 2.76. The summed E-state index contributed by atoms with van der Waals surface area (Å²) in [5.41, 5.74) is 2.46. The number of hydrogen-bond acceptors (Lipinski definition) is 3. The Kier molecular flexibility index (Phi) is 5.29. The van der Waals surface area contributed by atoms with Gasteiger partial charge in [-0.05, 0) is 92.2 Å². The van der Waals surface area contributed by atoms with Gasteiger partial charge in [0.15, 0.2) is 23.2 Å². The van der Waals surface area contributed by atoms with E-state index in [0.29, 0.717) is 31.2 Å². The van der Waals surface area contributed by atoms with E-state index in [0.717, 1.165) is 24.8 Å². The molecule has 33 heavy (non-hydrogen) atoms. The molecule has 5 atom stereocenters. The molecule has 0 aromatic heterocycles. The summed E-state index contributed by atoms with van der Waals surface area (Å²) in [4.78, 5) is 12.1. The standard InChI is InChI=1S/C28H30F2O3/c1-4-10-28(32)11-9-22-20-7-5-16-12-18(31)6-8-19(16)25(20)21(15-27(22,28)2)17-13-23(29)26(33-3)24(30)14-17/h12-14,20-22,32H,5-9,11,15H2,1-3H3/t20-,21+,22-,27-,28-/m0/s1. The number of rotatable bonds is 2. The van der Waals surface area contributed by atoms with Crippen molar-refractivity contribution in [3.05, 3.63) is 52.1 Å². The molecule has 0 radical (unpaired) electrons. The summed E-state index contributed by atoms with van der Waals surface area (Å²) in [6.45, 7) is 3.85. The van der Waals surface area contributed by atoms with Crippen molar-refractivity contribution in [3.8, 4) is 17.6 Å². The average molecular weight is 453 g/mol. The van der Waals surface area contributed by atoms with E-state index in [4.69, 9.17) is 4.74 Å². The summed E-state index contributed by atoms with van der Waals surface area (Å²) >= 11 is 0. The Bertz CT molecular complexity index is 1130. The molecule has 0 saturated heterocycles. The first kappa shape index (κ1) is 22.3. The average Bonchev–Trinajstić information content (AvgIpc) is 3.03. The molecule has 4 aliphatic carbocycles. The Morgan fingerprint density at radius 3 is 2.55 bits per heavy atom. The summed E-state index contributed by atoms with van der Waals surface area (Å²) in [5.74, 6) is 4.55. The first-order valence-corrected chi connectivity index (χ1v) is 11.9. The lowest BCUT2D eigenvalue weighted by Gasteiger charge is -2.53. The summed E-state index contributed by atoms with van der Waals surface area (Å²) in [5, 5.41) is 11.6. The monoisotopic (exact) mass is 452 g/mol. The van der Waals surface area contributed by atoms with Crippen LogP contribution in [0.2, 0.25) is 0 Å². The fourth-order valence-corrected chi connectivity index (χ4v) is 7.35. The zero-order valence-corrected chi connectivity index (χ0v) is 19.4. The Morgan fingerprint density at radius 1 is 1.15 bits per heavy atom. The number of ether oxygens (including phenoxy) is 1. The first-order valence-electron chi connectivity index (χ1n) is 11.9. The third-order valence-electron chi connectivity index (χ3n) is 8.85. The van der Waals surface area contributed by atoms with Crippen LogP contribution in [0.4, 0.5) is 8.78 Å². The number of halogens is 2. The molecule has 0 aliphatic heterocycles. The SMILES string of the molecule is CC#C[C@]1(O)CC[C@H]2[C@@H]3CCC4=CC(=O)CCC4=C3[C@@H](c3cc(F)c(OC)c(F)c3)C[C@@]21C. The van der Waals surface area contributed by atoms with Gasteiger partial charge in [0, 0.05) is 17.8 Å². The van der Waals surface area contributed by atoms with Crippen LogP contribution in [0.15, 0.2) is 34.9 Å². The number of aliphatic hydroxyl groups is 1. The molecule has 0 spiro atoms. The van der Waals surface area contributed by atoms with Crippen LogP contribution >= 0.6 is 0 Å². The van der Waals surface area contributed by atoms with Gasteiger partial charge in [-0.15, -0.1) is 5.92 Å². The van der Waals surface area contributed by atoms with E-state index < -0.39 is 22.7 Å². The third-order valence-corrected chi connectivity index (χ3v) is 8.85. The highest BCUT2D eigenvalue weighted by Crippen LogP contribution is 2.66. The molecular weight excluding hydrogens is 422 g/mol. The van der Waals surface area contributed by atoms with Gasteiger partial charge in [0.25, 0.3) is 0 Å². The van der Waals surface area contributed by atoms with Gasteiger partial charge < -0.3 is 9.84 Å². The fraction of sp³-hybridized carbons (Fsp3) is 0.536. The number of fused-ring (bicyclic) bond motifs is 4. The Hall–Kier alpha value is -2.45. The molecule has 1 aromatic carbocycles. The molecule has 0 amide bonds. The van der Waals surface area contributed by atoms with E-state index in [1.807, 2.05) is 0 Å². The van der Waals surface area contributed by atoms with Crippen molar-refractivity contribution >= 4 is 5.78 Å². The van der Waals surface area contributed by atoms with Crippen molar-refractivity contribution in [2.45, 2.75) is 70.3 Å². The topological polar surface area (TPSA) is 46.5 Å². The highest BCUT2D eigenvalue weighted by molar-refractivity contribution is 5.93. The number of carbonyl (C=O) groups is 1. The van der Waals surface area contributed by atoms with Gasteiger partial charge in [-0.2, -0.15) is 0 Å². The minimum absolute atomic E-state index is 0.153. The van der Waals surface area contributed by atoms with Crippen LogP contribution in [0.1, 0.15) is 70.3 Å². The number of allylic oxidation sites excluding steroid dienone is 4. The predicted molar refractivity (Wildman–Crippen MR) is 122 cm³/mol. The predicted octanol–water partition coefficient (Wildman–Crippen LogP) is 5.63. The summed E-state index contributed by atoms with van der Waals surface area (Å²) < 4.78 is 34.5. The maximum absolute atomic E-state index is 14.8. The van der Waals surface area contributed by atoms with Gasteiger partial charge in [-0.1, -0.05) is 18.4 Å². The van der Waals surface area contributed by atoms with Crippen molar-refractivity contribution in [2.24, 2.45) is 17.3 Å². The van der Waals surface area contributed by atoms with Crippen molar-refractivity contribution in [1.29, 1.82) is 0 Å². The van der Waals surface area contributed by atoms with E-state index >= 15 is 0 Å². The van der Waals surface area contributed by atoms with Crippen LogP contribution in [0.25, 0.3) is 0 Å². The molecule has 0 bridgehead atoms. The van der Waals surface area contributed by atoms with Crippen LogP contribution in [-0.4, -0.2) is 23.6 Å². The lowest BCUT2D eigenvalue weighted by atomic mass is 9.51. The molecule has 4 aliphatic rings. The summed E-state index contributed by atoms with van der Waals surface area (Å²) in [6.07, 6.45) is 6.67. The molecule has 1 N–H and O–H groups in total. The number of benzene rings is 1. The van der Waals surface area contributed by atoms with Gasteiger partial charge in [0.05, 0.1) is 7.11 Å². The zero-order chi connectivity index (χ0) is 23.5. The van der Waals surface area contributed by atoms with Gasteiger partial charge in [0.1, 0.15) is 5.60 Å². The van der Waals surface area contributed by atoms with E-state index in [2.05, 4.69) is 18.8 Å². The fourth-order valence-electron chi connectivity index (χ4n) is 7.35. The zero-order valence-electron chi connectivity index (χ0n) is 19.4. The molecule has 2 saturated carbocycles. The Morgan fingerprint density at radius 2 is 1.88 bits per heavy atom. The molecule has 0 heterocycles. The van der Waals surface area contributed by atoms with Gasteiger partial charge in [0.2, 0.25) is 0 Å². The quantitative estimate of drug-likeness (QED) is 0.592. The van der Waals surface area contributed by atoms with Crippen LogP contribution in [0, 0.1) is 40.7 Å². The lowest BCUT2D eigenvalue weighted by Crippen LogP contribution is -2.51. The van der Waals surface area contributed by atoms with Crippen LogP contribution < -0.4 is 4.74 Å². The molecule has 5 heteroatoms. The van der Waals surface area contributed by atoms with Crippen molar-refractivity contribution < 1.29 is 23.4 Å². The molecular formula is C28H30F2O3. The van der Waals surface area contributed by atoms with Crippen LogP contribution in [0.3, 0.4) is 0 Å². The highest BCUT2D eigenvalue weighted by Gasteiger charge is 2.62. The van der Waals surface area contributed by atoms with Gasteiger partial charge in [-0.3, -0.25) is 4.79 Å². The van der Waals surface area contributed by atoms with Gasteiger partial charge >= 0.3 is 0 Å². The van der Waals surface area contributed by atoms with E-state index in [9.17, 15) is 18.7 Å². The molecule has 3 nitrogen and oxygen atoms in total. The first-order chi connectivity index (χ1) is 15.7. The number of carbonyl (C=O) groups excluding carboxylic acids is 1. The van der Waals surface area contributed by atoms with Gasteiger partial charge in [-0.25, -0.2) is 8.78 Å². The number of hydrogen-bond donors (Lipinski definition) is 1. The largest absolute Gasteiger partial charge is 0.491 e. The maximum atomic E-state index is 14.8. The highest BCUT2D eigenvalue weighted by atomic mass is 19.1. The lowest BCUT2D eigenvalue weighted by molar-refractivity contribution is -0.114. The number of methoxy groups -OCH3 is 1. The maximum Gasteiger partial charge on any atom is 0.190 e. The van der Waals surface area contributed by atoms with Crippen molar-refractivity contribution in [2.75, 3.05) is 7.11 Å². The molecule has 174 valence electrons. The third kappa shape index (κ3) is 3.21. The Labute approximate surface area is 193 Å². The smallest absolute Gasteiger partial charge is 0.190 e.